The maximum Gasteiger partial charge on any atom is 0.255 e. The number of nitrogens with zero attached hydrogens (tertiary/aromatic N) is 1. The molecule has 1 heterocycles. The largest absolute Gasteiger partial charge is 0.326 e. The molecule has 0 aromatic carbocycles. The van der Waals surface area contributed by atoms with Crippen molar-refractivity contribution in [1.29, 1.82) is 0 Å². The van der Waals surface area contributed by atoms with E-state index in [1.807, 2.05) is 0 Å². The van der Waals surface area contributed by atoms with Gasteiger partial charge in [0.25, 0.3) is 5.56 Å². The Hall–Kier alpha value is -1.16. The van der Waals surface area contributed by atoms with E-state index < -0.39 is 0 Å². The lowest BCUT2D eigenvalue weighted by atomic mass is 10.1. The second kappa shape index (κ2) is 4.18. The number of rotatable bonds is 3. The van der Waals surface area contributed by atoms with Gasteiger partial charge in [-0.1, -0.05) is 13.8 Å². The van der Waals surface area contributed by atoms with E-state index in [1.165, 1.54) is 0 Å². The highest BCUT2D eigenvalue weighted by Crippen LogP contribution is 2.00. The highest BCUT2D eigenvalue weighted by atomic mass is 16.1. The quantitative estimate of drug-likeness (QED) is 0.710. The molecule has 72 valence electrons. The molecule has 0 fully saturated rings. The summed E-state index contributed by atoms with van der Waals surface area (Å²) in [6.45, 7) is 4.40. The topological polar surface area (TPSA) is 71.8 Å². The third-order valence-electron chi connectivity index (χ3n) is 1.75. The molecule has 0 radical (unpaired) electrons. The summed E-state index contributed by atoms with van der Waals surface area (Å²) in [4.78, 5) is 18.1. The van der Waals surface area contributed by atoms with Gasteiger partial charge in [0.05, 0.1) is 0 Å². The smallest absolute Gasteiger partial charge is 0.255 e. The molecular weight excluding hydrogens is 166 g/mol. The van der Waals surface area contributed by atoms with Crippen LogP contribution in [0, 0.1) is 5.92 Å². The number of hydrogen-bond acceptors (Lipinski definition) is 3. The first kappa shape index (κ1) is 9.92. The zero-order valence-electron chi connectivity index (χ0n) is 8.00. The summed E-state index contributed by atoms with van der Waals surface area (Å²) in [5, 5.41) is 0. The monoisotopic (exact) mass is 181 g/mol. The molecule has 0 atom stereocenters. The number of aromatic nitrogens is 2. The fourth-order valence-electron chi connectivity index (χ4n) is 1.09. The van der Waals surface area contributed by atoms with Crippen LogP contribution in [0.2, 0.25) is 0 Å². The zero-order chi connectivity index (χ0) is 9.84. The minimum Gasteiger partial charge on any atom is -0.326 e. The molecule has 13 heavy (non-hydrogen) atoms. The third kappa shape index (κ3) is 2.66. The van der Waals surface area contributed by atoms with Gasteiger partial charge in [0.2, 0.25) is 0 Å². The Morgan fingerprint density at radius 3 is 2.77 bits per heavy atom. The molecule has 0 saturated heterocycles. The number of nitrogens with one attached hydrogen (secondary N) is 1. The summed E-state index contributed by atoms with van der Waals surface area (Å²) in [6.07, 6.45) is 2.34. The van der Waals surface area contributed by atoms with Gasteiger partial charge >= 0.3 is 0 Å². The second-order valence-electron chi connectivity index (χ2n) is 3.49. The average Bonchev–Trinajstić information content (AvgIpc) is 2.03. The summed E-state index contributed by atoms with van der Waals surface area (Å²) in [5.74, 6) is 1.23. The molecule has 0 unspecified atom stereocenters. The number of aromatic amines is 1. The van der Waals surface area contributed by atoms with Crippen LogP contribution >= 0.6 is 0 Å². The van der Waals surface area contributed by atoms with Crippen molar-refractivity contribution in [2.24, 2.45) is 11.7 Å². The summed E-state index contributed by atoms with van der Waals surface area (Å²) >= 11 is 0. The maximum absolute atomic E-state index is 11.3. The summed E-state index contributed by atoms with van der Waals surface area (Å²) < 4.78 is 0. The van der Waals surface area contributed by atoms with E-state index in [0.717, 1.165) is 12.2 Å². The molecule has 0 aliphatic carbocycles. The third-order valence-corrected chi connectivity index (χ3v) is 1.75. The van der Waals surface area contributed by atoms with Crippen LogP contribution in [0.1, 0.15) is 25.2 Å². The van der Waals surface area contributed by atoms with Crippen molar-refractivity contribution in [2.45, 2.75) is 26.8 Å². The van der Waals surface area contributed by atoms with E-state index in [9.17, 15) is 4.79 Å². The normalized spacial score (nSPS) is 10.8. The van der Waals surface area contributed by atoms with E-state index in [-0.39, 0.29) is 12.1 Å². The fourth-order valence-corrected chi connectivity index (χ4v) is 1.09. The lowest BCUT2D eigenvalue weighted by Crippen LogP contribution is -2.19. The van der Waals surface area contributed by atoms with Crippen molar-refractivity contribution in [1.82, 2.24) is 9.97 Å². The van der Waals surface area contributed by atoms with Gasteiger partial charge in [0.15, 0.2) is 0 Å². The maximum atomic E-state index is 11.3. The predicted molar refractivity (Wildman–Crippen MR) is 51.3 cm³/mol. The van der Waals surface area contributed by atoms with Crippen LogP contribution in [-0.4, -0.2) is 9.97 Å². The molecule has 0 bridgehead atoms. The van der Waals surface area contributed by atoms with E-state index in [4.69, 9.17) is 5.73 Å². The molecule has 0 aliphatic rings. The van der Waals surface area contributed by atoms with Crippen molar-refractivity contribution >= 4 is 0 Å². The van der Waals surface area contributed by atoms with Gasteiger partial charge in [-0.3, -0.25) is 4.79 Å². The van der Waals surface area contributed by atoms with E-state index in [1.54, 1.807) is 6.20 Å². The van der Waals surface area contributed by atoms with Crippen molar-refractivity contribution in [3.63, 3.8) is 0 Å². The minimum absolute atomic E-state index is 0.117. The molecule has 0 spiro atoms. The highest BCUT2D eigenvalue weighted by Gasteiger charge is 2.02. The standard InChI is InChI=1S/C9H15N3O/c1-6(2)3-8-11-5-7(4-10)9(13)12-8/h5-6H,3-4,10H2,1-2H3,(H,11,12,13). The van der Waals surface area contributed by atoms with Crippen LogP contribution in [0.25, 0.3) is 0 Å². The number of hydrogen-bond donors (Lipinski definition) is 2. The Balaban J connectivity index is 2.90. The summed E-state index contributed by atoms with van der Waals surface area (Å²) in [6, 6.07) is 0. The van der Waals surface area contributed by atoms with Crippen molar-refractivity contribution in [2.75, 3.05) is 0 Å². The first-order valence-corrected chi connectivity index (χ1v) is 4.40. The van der Waals surface area contributed by atoms with Gasteiger partial charge in [0.1, 0.15) is 5.82 Å². The van der Waals surface area contributed by atoms with Gasteiger partial charge in [-0.15, -0.1) is 0 Å². The number of nitrogens with two attached hydrogens (primary N) is 1. The number of H-pyrrole nitrogens is 1. The fraction of sp³-hybridized carbons (Fsp3) is 0.556. The predicted octanol–water partition coefficient (Wildman–Crippen LogP) is 0.427. The average molecular weight is 181 g/mol. The Labute approximate surface area is 77.2 Å². The summed E-state index contributed by atoms with van der Waals surface area (Å²) in [7, 11) is 0. The van der Waals surface area contributed by atoms with E-state index >= 15 is 0 Å². The van der Waals surface area contributed by atoms with Gasteiger partial charge in [-0.05, 0) is 5.92 Å². The SMILES string of the molecule is CC(C)Cc1ncc(CN)c(=O)[nH]1. The van der Waals surface area contributed by atoms with Crippen LogP contribution in [0.3, 0.4) is 0 Å². The Bertz CT molecular complexity index is 330. The van der Waals surface area contributed by atoms with Crippen LogP contribution in [0.4, 0.5) is 0 Å². The van der Waals surface area contributed by atoms with Crippen LogP contribution < -0.4 is 11.3 Å². The lowest BCUT2D eigenvalue weighted by molar-refractivity contribution is 0.617. The molecule has 1 rings (SSSR count). The van der Waals surface area contributed by atoms with Crippen LogP contribution in [0.5, 0.6) is 0 Å². The van der Waals surface area contributed by atoms with Gasteiger partial charge < -0.3 is 10.7 Å². The van der Waals surface area contributed by atoms with Gasteiger partial charge in [0, 0.05) is 24.7 Å². The Morgan fingerprint density at radius 1 is 1.62 bits per heavy atom. The van der Waals surface area contributed by atoms with Crippen molar-refractivity contribution in [3.8, 4) is 0 Å². The molecule has 1 aromatic rings. The molecular formula is C9H15N3O. The molecule has 0 amide bonds. The minimum atomic E-state index is -0.117. The Kier molecular flexibility index (Phi) is 3.19. The second-order valence-corrected chi connectivity index (χ2v) is 3.49. The summed E-state index contributed by atoms with van der Waals surface area (Å²) in [5.41, 5.74) is 5.76. The molecule has 4 heteroatoms. The van der Waals surface area contributed by atoms with Gasteiger partial charge in [-0.25, -0.2) is 4.98 Å². The first-order valence-electron chi connectivity index (χ1n) is 4.40. The first-order chi connectivity index (χ1) is 6.13. The van der Waals surface area contributed by atoms with Crippen molar-refractivity contribution in [3.05, 3.63) is 27.9 Å². The lowest BCUT2D eigenvalue weighted by Gasteiger charge is -2.03. The zero-order valence-corrected chi connectivity index (χ0v) is 8.00. The van der Waals surface area contributed by atoms with E-state index in [0.29, 0.717) is 11.5 Å². The Morgan fingerprint density at radius 2 is 2.31 bits per heavy atom. The molecule has 0 saturated carbocycles. The van der Waals surface area contributed by atoms with Gasteiger partial charge in [-0.2, -0.15) is 0 Å². The van der Waals surface area contributed by atoms with E-state index in [2.05, 4.69) is 23.8 Å². The highest BCUT2D eigenvalue weighted by molar-refractivity contribution is 5.05. The van der Waals surface area contributed by atoms with Crippen LogP contribution in [0.15, 0.2) is 11.0 Å². The van der Waals surface area contributed by atoms with Crippen LogP contribution in [-0.2, 0) is 13.0 Å². The molecule has 4 nitrogen and oxygen atoms in total. The molecule has 3 N–H and O–H groups in total. The molecule has 1 aromatic heterocycles. The molecule has 0 aliphatic heterocycles. The van der Waals surface area contributed by atoms with Crippen molar-refractivity contribution < 1.29 is 0 Å².